The van der Waals surface area contributed by atoms with Crippen LogP contribution in [0.25, 0.3) is 0 Å². The van der Waals surface area contributed by atoms with Crippen molar-refractivity contribution < 1.29 is 17.6 Å². The molecule has 60 valence electrons. The SMILES string of the molecule is C=CCI.FC(F)=C(F)F. The molecule has 0 nitrogen and oxygen atoms in total. The molecule has 0 heterocycles. The summed E-state index contributed by atoms with van der Waals surface area (Å²) in [4.78, 5) is 0. The van der Waals surface area contributed by atoms with Gasteiger partial charge in [0.05, 0.1) is 0 Å². The third-order valence-corrected chi connectivity index (χ3v) is 0.875. The Balaban J connectivity index is 0. The van der Waals surface area contributed by atoms with Crippen molar-refractivity contribution in [3.63, 3.8) is 0 Å². The van der Waals surface area contributed by atoms with Crippen LogP contribution < -0.4 is 0 Å². The fraction of sp³-hybridized carbons (Fsp3) is 0.200. The van der Waals surface area contributed by atoms with E-state index >= 15 is 0 Å². The number of rotatable bonds is 1. The maximum Gasteiger partial charge on any atom is 0.334 e. The van der Waals surface area contributed by atoms with Gasteiger partial charge in [0.2, 0.25) is 0 Å². The van der Waals surface area contributed by atoms with E-state index in [0.29, 0.717) is 0 Å². The Hall–Kier alpha value is -0.0700. The van der Waals surface area contributed by atoms with Crippen LogP contribution in [0.5, 0.6) is 0 Å². The lowest BCUT2D eigenvalue weighted by molar-refractivity contribution is 0.308. The van der Waals surface area contributed by atoms with Crippen molar-refractivity contribution in [2.75, 3.05) is 4.43 Å². The molecule has 0 aliphatic heterocycles. The fourth-order valence-corrected chi connectivity index (χ4v) is 0. The van der Waals surface area contributed by atoms with Gasteiger partial charge in [0.1, 0.15) is 0 Å². The quantitative estimate of drug-likeness (QED) is 0.295. The first kappa shape index (κ1) is 12.6. The van der Waals surface area contributed by atoms with Crippen molar-refractivity contribution in [1.82, 2.24) is 0 Å². The fourth-order valence-electron chi connectivity index (χ4n) is 0. The molecule has 0 N–H and O–H groups in total. The van der Waals surface area contributed by atoms with Crippen molar-refractivity contribution >= 4 is 22.6 Å². The highest BCUT2D eigenvalue weighted by atomic mass is 127. The molecule has 0 amide bonds. The molecular formula is C5H5F4I. The summed E-state index contributed by atoms with van der Waals surface area (Å²) in [5, 5.41) is 0. The number of halogens is 5. The van der Waals surface area contributed by atoms with Gasteiger partial charge in [0.15, 0.2) is 0 Å². The Morgan fingerprint density at radius 2 is 1.40 bits per heavy atom. The Morgan fingerprint density at radius 1 is 1.20 bits per heavy atom. The van der Waals surface area contributed by atoms with E-state index in [2.05, 4.69) is 29.2 Å². The second-order valence-corrected chi connectivity index (χ2v) is 1.84. The van der Waals surface area contributed by atoms with Gasteiger partial charge in [-0.2, -0.15) is 17.6 Å². The summed E-state index contributed by atoms with van der Waals surface area (Å²) in [5.74, 6) is 0. The summed E-state index contributed by atoms with van der Waals surface area (Å²) in [6, 6.07) is 0. The van der Waals surface area contributed by atoms with E-state index in [9.17, 15) is 17.6 Å². The number of hydrogen-bond acceptors (Lipinski definition) is 0. The van der Waals surface area contributed by atoms with E-state index in [1.54, 1.807) is 0 Å². The highest BCUT2D eigenvalue weighted by molar-refractivity contribution is 14.1. The van der Waals surface area contributed by atoms with Crippen LogP contribution in [-0.2, 0) is 0 Å². The molecule has 0 spiro atoms. The molecule has 5 heteroatoms. The Kier molecular flexibility index (Phi) is 11.2. The molecule has 0 radical (unpaired) electrons. The Labute approximate surface area is 69.7 Å². The van der Waals surface area contributed by atoms with Crippen molar-refractivity contribution in [2.45, 2.75) is 0 Å². The van der Waals surface area contributed by atoms with Crippen molar-refractivity contribution in [3.05, 3.63) is 24.8 Å². The second-order valence-electron chi connectivity index (χ2n) is 0.964. The zero-order valence-corrected chi connectivity index (χ0v) is 7.04. The standard InChI is InChI=1S/C3H5I.C2F4/c1-2-3-4;3-1(4)2(5)6/h2H,1,3H2;. The van der Waals surface area contributed by atoms with Crippen LogP contribution in [0.4, 0.5) is 17.6 Å². The average molecular weight is 268 g/mol. The molecule has 0 aromatic heterocycles. The molecular weight excluding hydrogens is 263 g/mol. The molecule has 0 saturated carbocycles. The zero-order chi connectivity index (χ0) is 8.57. The minimum Gasteiger partial charge on any atom is -0.167 e. The summed E-state index contributed by atoms with van der Waals surface area (Å²) in [5.41, 5.74) is 0. The highest BCUT2D eigenvalue weighted by Crippen LogP contribution is 2.08. The Morgan fingerprint density at radius 3 is 1.40 bits per heavy atom. The number of alkyl halides is 1. The van der Waals surface area contributed by atoms with Crippen LogP contribution >= 0.6 is 22.6 Å². The second kappa shape index (κ2) is 8.93. The zero-order valence-electron chi connectivity index (χ0n) is 4.88. The molecule has 0 aliphatic rings. The molecule has 0 atom stereocenters. The first-order chi connectivity index (χ1) is 4.56. The van der Waals surface area contributed by atoms with Gasteiger partial charge in [-0.1, -0.05) is 28.7 Å². The predicted octanol–water partition coefficient (Wildman–Crippen LogP) is 3.60. The molecule has 0 rings (SSSR count). The lowest BCUT2D eigenvalue weighted by atomic mass is 10.8. The molecule has 0 aliphatic carbocycles. The summed E-state index contributed by atoms with van der Waals surface area (Å²) in [6.07, 6.45) is -3.95. The molecule has 0 unspecified atom stereocenters. The lowest BCUT2D eigenvalue weighted by Gasteiger charge is -1.69. The maximum absolute atomic E-state index is 10.3. The average Bonchev–Trinajstić information content (AvgIpc) is 1.89. The van der Waals surface area contributed by atoms with Gasteiger partial charge in [-0.15, -0.1) is 6.58 Å². The molecule has 0 aromatic carbocycles. The normalized spacial score (nSPS) is 7.30. The smallest absolute Gasteiger partial charge is 0.167 e. The van der Waals surface area contributed by atoms with E-state index in [0.717, 1.165) is 4.43 Å². The molecule has 0 fully saturated rings. The lowest BCUT2D eigenvalue weighted by Crippen LogP contribution is -1.56. The van der Waals surface area contributed by atoms with E-state index in [4.69, 9.17) is 0 Å². The number of allylic oxidation sites excluding steroid dienone is 1. The van der Waals surface area contributed by atoms with Gasteiger partial charge in [-0.3, -0.25) is 0 Å². The minimum atomic E-state index is -2.91. The van der Waals surface area contributed by atoms with Crippen LogP contribution in [0.2, 0.25) is 0 Å². The van der Waals surface area contributed by atoms with Crippen LogP contribution in [0, 0.1) is 0 Å². The van der Waals surface area contributed by atoms with Gasteiger partial charge < -0.3 is 0 Å². The van der Waals surface area contributed by atoms with E-state index in [1.165, 1.54) is 0 Å². The molecule has 0 bridgehead atoms. The third-order valence-electron chi connectivity index (χ3n) is 0.252. The maximum atomic E-state index is 10.3. The first-order valence-corrected chi connectivity index (χ1v) is 3.62. The molecule has 10 heavy (non-hydrogen) atoms. The largest absolute Gasteiger partial charge is 0.334 e. The Bertz CT molecular complexity index is 103. The van der Waals surface area contributed by atoms with Crippen molar-refractivity contribution in [3.8, 4) is 0 Å². The third kappa shape index (κ3) is 15.7. The predicted molar refractivity (Wildman–Crippen MR) is 40.5 cm³/mol. The monoisotopic (exact) mass is 268 g/mol. The van der Waals surface area contributed by atoms with Gasteiger partial charge >= 0.3 is 12.2 Å². The topological polar surface area (TPSA) is 0 Å². The van der Waals surface area contributed by atoms with E-state index in [1.807, 2.05) is 6.08 Å². The molecule has 0 aromatic rings. The van der Waals surface area contributed by atoms with Crippen LogP contribution in [-0.4, -0.2) is 4.43 Å². The van der Waals surface area contributed by atoms with E-state index < -0.39 is 12.2 Å². The summed E-state index contributed by atoms with van der Waals surface area (Å²) >= 11 is 2.23. The van der Waals surface area contributed by atoms with Crippen LogP contribution in [0.15, 0.2) is 24.8 Å². The van der Waals surface area contributed by atoms with Crippen LogP contribution in [0.3, 0.4) is 0 Å². The number of hydrogen-bond donors (Lipinski definition) is 0. The van der Waals surface area contributed by atoms with E-state index in [-0.39, 0.29) is 0 Å². The van der Waals surface area contributed by atoms with Gasteiger partial charge in [0.25, 0.3) is 0 Å². The van der Waals surface area contributed by atoms with Gasteiger partial charge in [-0.05, 0) is 0 Å². The highest BCUT2D eigenvalue weighted by Gasteiger charge is 1.98. The van der Waals surface area contributed by atoms with Crippen LogP contribution in [0.1, 0.15) is 0 Å². The van der Waals surface area contributed by atoms with Gasteiger partial charge in [-0.25, -0.2) is 0 Å². The van der Waals surface area contributed by atoms with Crippen molar-refractivity contribution in [2.24, 2.45) is 0 Å². The summed E-state index contributed by atoms with van der Waals surface area (Å²) in [7, 11) is 0. The summed E-state index contributed by atoms with van der Waals surface area (Å²) in [6.45, 7) is 3.47. The minimum absolute atomic E-state index is 1.05. The first-order valence-electron chi connectivity index (χ1n) is 2.09. The summed E-state index contributed by atoms with van der Waals surface area (Å²) < 4.78 is 42.2. The van der Waals surface area contributed by atoms with Crippen molar-refractivity contribution in [1.29, 1.82) is 0 Å². The molecule has 0 saturated heterocycles. The van der Waals surface area contributed by atoms with Gasteiger partial charge in [0, 0.05) is 4.43 Å².